The third-order valence-electron chi connectivity index (χ3n) is 4.68. The highest BCUT2D eigenvalue weighted by molar-refractivity contribution is 7.14. The maximum absolute atomic E-state index is 13.8. The van der Waals surface area contributed by atoms with Crippen molar-refractivity contribution in [2.45, 2.75) is 37.6 Å². The first-order valence-corrected chi connectivity index (χ1v) is 8.82. The molecule has 2 unspecified atom stereocenters. The molecule has 0 bridgehead atoms. The average Bonchev–Trinajstić information content (AvgIpc) is 3.19. The van der Waals surface area contributed by atoms with E-state index in [2.05, 4.69) is 15.1 Å². The number of rotatable bonds is 2. The second-order valence-electron chi connectivity index (χ2n) is 6.18. The first-order chi connectivity index (χ1) is 11.9. The minimum Gasteiger partial charge on any atom is -0.362 e. The van der Waals surface area contributed by atoms with Crippen LogP contribution in [0, 0.1) is 5.92 Å². The summed E-state index contributed by atoms with van der Waals surface area (Å²) < 4.78 is 41.4. The van der Waals surface area contributed by atoms with Crippen LogP contribution in [0.1, 0.15) is 25.7 Å². The molecule has 4 rings (SSSR count). The predicted octanol–water partition coefficient (Wildman–Crippen LogP) is 3.82. The zero-order chi connectivity index (χ0) is 17.7. The Hall–Kier alpha value is -2.00. The van der Waals surface area contributed by atoms with Gasteiger partial charge in [-0.1, -0.05) is 6.42 Å². The van der Waals surface area contributed by atoms with Gasteiger partial charge in [-0.2, -0.15) is 23.3 Å². The maximum Gasteiger partial charge on any atom is 0.439 e. The molecular weight excluding hydrogens is 353 g/mol. The zero-order valence-electron chi connectivity index (χ0n) is 13.1. The van der Waals surface area contributed by atoms with Crippen molar-refractivity contribution < 1.29 is 18.3 Å². The summed E-state index contributed by atoms with van der Waals surface area (Å²) in [5, 5.41) is 17.1. The summed E-state index contributed by atoms with van der Waals surface area (Å²) in [6.07, 6.45) is 0.530. The molecule has 0 aromatic carbocycles. The monoisotopic (exact) mass is 368 g/mol. The first-order valence-electron chi connectivity index (χ1n) is 7.94. The predicted molar refractivity (Wildman–Crippen MR) is 88.2 cm³/mol. The molecule has 1 fully saturated rings. The van der Waals surface area contributed by atoms with Crippen LogP contribution in [0.3, 0.4) is 0 Å². The molecule has 3 heterocycles. The molecule has 2 aromatic heterocycles. The van der Waals surface area contributed by atoms with Gasteiger partial charge in [-0.25, -0.2) is 4.98 Å². The van der Waals surface area contributed by atoms with Crippen LogP contribution >= 0.6 is 11.3 Å². The van der Waals surface area contributed by atoms with Crippen molar-refractivity contribution in [2.75, 3.05) is 5.01 Å². The summed E-state index contributed by atoms with van der Waals surface area (Å²) in [4.78, 5) is 8.19. The Balaban J connectivity index is 1.75. The average molecular weight is 368 g/mol. The fourth-order valence-electron chi connectivity index (χ4n) is 3.42. The van der Waals surface area contributed by atoms with Crippen LogP contribution in [0.25, 0.3) is 11.3 Å². The van der Waals surface area contributed by atoms with E-state index < -0.39 is 17.8 Å². The molecule has 0 saturated heterocycles. The fourth-order valence-corrected chi connectivity index (χ4v) is 4.26. The van der Waals surface area contributed by atoms with Crippen molar-refractivity contribution in [3.8, 4) is 11.3 Å². The molecule has 132 valence electrons. The lowest BCUT2D eigenvalue weighted by molar-refractivity contribution is -0.269. The summed E-state index contributed by atoms with van der Waals surface area (Å²) >= 11 is 1.03. The van der Waals surface area contributed by atoms with Crippen LogP contribution in [0.4, 0.5) is 18.3 Å². The fraction of sp³-hybridized carbons (Fsp3) is 0.438. The van der Waals surface area contributed by atoms with E-state index in [0.717, 1.165) is 23.3 Å². The van der Waals surface area contributed by atoms with Crippen molar-refractivity contribution in [3.05, 3.63) is 29.9 Å². The molecule has 0 amide bonds. The number of thiazole rings is 1. The highest BCUT2D eigenvalue weighted by Crippen LogP contribution is 2.50. The Kier molecular flexibility index (Phi) is 3.80. The van der Waals surface area contributed by atoms with Gasteiger partial charge in [0.25, 0.3) is 5.72 Å². The Labute approximate surface area is 145 Å². The van der Waals surface area contributed by atoms with Crippen molar-refractivity contribution in [1.82, 2.24) is 9.97 Å². The molecule has 1 aliphatic heterocycles. The van der Waals surface area contributed by atoms with Gasteiger partial charge in [0.05, 0.1) is 11.6 Å². The van der Waals surface area contributed by atoms with Gasteiger partial charge in [0.15, 0.2) is 0 Å². The van der Waals surface area contributed by atoms with Crippen molar-refractivity contribution in [1.29, 1.82) is 0 Å². The zero-order valence-corrected chi connectivity index (χ0v) is 13.9. The number of nitrogens with zero attached hydrogens (tertiary/aromatic N) is 4. The van der Waals surface area contributed by atoms with Gasteiger partial charge in [0, 0.05) is 29.0 Å². The minimum absolute atomic E-state index is 0.0357. The van der Waals surface area contributed by atoms with Crippen molar-refractivity contribution >= 4 is 22.2 Å². The lowest BCUT2D eigenvalue weighted by Crippen LogP contribution is -2.60. The number of hydrogen-bond donors (Lipinski definition) is 1. The van der Waals surface area contributed by atoms with Crippen LogP contribution in [0.15, 0.2) is 35.0 Å². The largest absolute Gasteiger partial charge is 0.439 e. The molecule has 9 heteroatoms. The molecule has 5 nitrogen and oxygen atoms in total. The summed E-state index contributed by atoms with van der Waals surface area (Å²) in [5.41, 5.74) is -1.35. The van der Waals surface area contributed by atoms with E-state index in [4.69, 9.17) is 0 Å². The number of hydrazone groups is 1. The number of fused-ring (bicyclic) bond motifs is 1. The SMILES string of the molecule is OC1(C(F)(F)F)C2CCCCC2=NN1c1nc(-c2ccncc2)cs1. The van der Waals surface area contributed by atoms with E-state index >= 15 is 0 Å². The third kappa shape index (κ3) is 2.53. The topological polar surface area (TPSA) is 61.6 Å². The molecular formula is C16H15F3N4OS. The van der Waals surface area contributed by atoms with Crippen molar-refractivity contribution in [2.24, 2.45) is 11.0 Å². The first kappa shape index (κ1) is 16.5. The second kappa shape index (κ2) is 5.77. The van der Waals surface area contributed by atoms with E-state index in [0.29, 0.717) is 29.3 Å². The molecule has 2 atom stereocenters. The van der Waals surface area contributed by atoms with Gasteiger partial charge < -0.3 is 5.11 Å². The van der Waals surface area contributed by atoms with E-state index in [9.17, 15) is 18.3 Å². The van der Waals surface area contributed by atoms with Crippen LogP contribution in [-0.2, 0) is 0 Å². The Bertz CT molecular complexity index is 807. The van der Waals surface area contributed by atoms with Gasteiger partial charge in [-0.3, -0.25) is 4.98 Å². The highest BCUT2D eigenvalue weighted by atomic mass is 32.1. The van der Waals surface area contributed by atoms with Gasteiger partial charge in [-0.15, -0.1) is 11.3 Å². The quantitative estimate of drug-likeness (QED) is 0.875. The molecule has 25 heavy (non-hydrogen) atoms. The Morgan fingerprint density at radius 1 is 1.24 bits per heavy atom. The minimum atomic E-state index is -4.83. The van der Waals surface area contributed by atoms with E-state index in [1.807, 2.05) is 0 Å². The third-order valence-corrected chi connectivity index (χ3v) is 5.50. The van der Waals surface area contributed by atoms with Gasteiger partial charge >= 0.3 is 6.18 Å². The molecule has 0 radical (unpaired) electrons. The molecule has 1 N–H and O–H groups in total. The van der Waals surface area contributed by atoms with Crippen LogP contribution < -0.4 is 5.01 Å². The second-order valence-corrected chi connectivity index (χ2v) is 7.01. The molecule has 1 saturated carbocycles. The van der Waals surface area contributed by atoms with E-state index in [-0.39, 0.29) is 11.6 Å². The number of aromatic nitrogens is 2. The summed E-state index contributed by atoms with van der Waals surface area (Å²) in [6.45, 7) is 0. The summed E-state index contributed by atoms with van der Waals surface area (Å²) in [5.74, 6) is -1.03. The summed E-state index contributed by atoms with van der Waals surface area (Å²) in [6, 6.07) is 3.45. The maximum atomic E-state index is 13.8. The number of anilines is 1. The Morgan fingerprint density at radius 3 is 2.72 bits per heavy atom. The van der Waals surface area contributed by atoms with E-state index in [1.54, 1.807) is 29.9 Å². The van der Waals surface area contributed by atoms with Gasteiger partial charge in [-0.05, 0) is 31.4 Å². The number of pyridine rings is 1. The molecule has 1 aliphatic carbocycles. The van der Waals surface area contributed by atoms with Crippen LogP contribution in [0.2, 0.25) is 0 Å². The van der Waals surface area contributed by atoms with Gasteiger partial charge in [0.1, 0.15) is 0 Å². The molecule has 0 spiro atoms. The van der Waals surface area contributed by atoms with Crippen molar-refractivity contribution in [3.63, 3.8) is 0 Å². The lowest BCUT2D eigenvalue weighted by Gasteiger charge is -2.38. The number of alkyl halides is 3. The number of hydrogen-bond acceptors (Lipinski definition) is 6. The smallest absolute Gasteiger partial charge is 0.362 e. The Morgan fingerprint density at radius 2 is 2.00 bits per heavy atom. The normalized spacial score (nSPS) is 26.5. The van der Waals surface area contributed by atoms with Crippen LogP contribution in [-0.4, -0.2) is 32.7 Å². The van der Waals surface area contributed by atoms with Crippen LogP contribution in [0.5, 0.6) is 0 Å². The van der Waals surface area contributed by atoms with Gasteiger partial charge in [0.2, 0.25) is 5.13 Å². The molecule has 2 aromatic rings. The number of aliphatic hydroxyl groups is 1. The number of halogens is 3. The lowest BCUT2D eigenvalue weighted by atomic mass is 9.80. The highest BCUT2D eigenvalue weighted by Gasteiger charge is 2.67. The standard InChI is InChI=1S/C16H15F3N4OS/c17-16(18,19)15(24)11-3-1-2-4-12(11)22-23(15)14-21-13(9-25-14)10-5-7-20-8-6-10/h5-9,11,24H,1-4H2. The summed E-state index contributed by atoms with van der Waals surface area (Å²) in [7, 11) is 0. The molecule has 2 aliphatic rings. The van der Waals surface area contributed by atoms with E-state index in [1.165, 1.54) is 0 Å².